The van der Waals surface area contributed by atoms with E-state index in [2.05, 4.69) is 17.2 Å². The van der Waals surface area contributed by atoms with Gasteiger partial charge in [-0.1, -0.05) is 66.2 Å². The van der Waals surface area contributed by atoms with Gasteiger partial charge in [-0.2, -0.15) is 0 Å². The minimum absolute atomic E-state index is 0.0762. The number of nitrogens with one attached hydrogen (secondary N) is 2. The van der Waals surface area contributed by atoms with E-state index in [0.717, 1.165) is 11.1 Å². The van der Waals surface area contributed by atoms with E-state index in [9.17, 15) is 14.4 Å². The molecule has 0 aromatic heterocycles. The van der Waals surface area contributed by atoms with Gasteiger partial charge in [0.05, 0.1) is 7.11 Å². The quantitative estimate of drug-likeness (QED) is 0.451. The number of ether oxygens (including phenoxy) is 2. The molecule has 7 heteroatoms. The maximum absolute atomic E-state index is 13.0. The van der Waals surface area contributed by atoms with Gasteiger partial charge in [-0.3, -0.25) is 4.79 Å². The minimum atomic E-state index is -0.942. The molecule has 2 aromatic rings. The zero-order valence-corrected chi connectivity index (χ0v) is 17.8. The van der Waals surface area contributed by atoms with E-state index in [0.29, 0.717) is 5.57 Å². The topological polar surface area (TPSA) is 93.7 Å². The average Bonchev–Trinajstić information content (AvgIpc) is 2.77. The van der Waals surface area contributed by atoms with Crippen LogP contribution in [-0.2, 0) is 32.1 Å². The van der Waals surface area contributed by atoms with Crippen molar-refractivity contribution < 1.29 is 23.9 Å². The first-order valence-electron chi connectivity index (χ1n) is 9.92. The SMILES string of the molecule is C=C(C)C[C@H](NC(=O)[C@@H](Cc1ccccc1)NC(=O)OCc1ccccc1)C(=O)OC. The molecule has 2 amide bonds. The number of rotatable bonds is 10. The lowest BCUT2D eigenvalue weighted by Gasteiger charge is -2.22. The second-order valence-corrected chi connectivity index (χ2v) is 7.19. The molecular formula is C24H28N2O5. The number of benzene rings is 2. The standard InChI is InChI=1S/C24H28N2O5/c1-17(2)14-21(23(28)30-3)25-22(27)20(15-18-10-6-4-7-11-18)26-24(29)31-16-19-12-8-5-9-13-19/h4-13,20-21H,1,14-16H2,2-3H3,(H,25,27)(H,26,29)/t20-,21+/m1/s1. The van der Waals surface area contributed by atoms with Gasteiger partial charge in [0.15, 0.2) is 0 Å². The number of alkyl carbamates (subject to hydrolysis) is 1. The number of esters is 1. The van der Waals surface area contributed by atoms with Crippen molar-refractivity contribution in [3.05, 3.63) is 83.9 Å². The summed E-state index contributed by atoms with van der Waals surface area (Å²) in [5.41, 5.74) is 2.39. The van der Waals surface area contributed by atoms with E-state index in [1.165, 1.54) is 7.11 Å². The van der Waals surface area contributed by atoms with Crippen molar-refractivity contribution in [2.45, 2.75) is 38.5 Å². The molecule has 2 atom stereocenters. The second-order valence-electron chi connectivity index (χ2n) is 7.19. The van der Waals surface area contributed by atoms with E-state index in [-0.39, 0.29) is 19.4 Å². The predicted molar refractivity (Wildman–Crippen MR) is 117 cm³/mol. The van der Waals surface area contributed by atoms with Crippen molar-refractivity contribution in [2.24, 2.45) is 0 Å². The number of hydrogen-bond acceptors (Lipinski definition) is 5. The highest BCUT2D eigenvalue weighted by atomic mass is 16.5. The van der Waals surface area contributed by atoms with Crippen LogP contribution in [0.5, 0.6) is 0 Å². The molecule has 2 N–H and O–H groups in total. The predicted octanol–water partition coefficient (Wildman–Crippen LogP) is 3.15. The maximum atomic E-state index is 13.0. The van der Waals surface area contributed by atoms with Gasteiger partial charge in [0.25, 0.3) is 0 Å². The molecule has 0 spiro atoms. The van der Waals surface area contributed by atoms with Crippen LogP contribution in [-0.4, -0.2) is 37.2 Å². The third-order valence-corrected chi connectivity index (χ3v) is 4.46. The number of hydrogen-bond donors (Lipinski definition) is 2. The summed E-state index contributed by atoms with van der Waals surface area (Å²) in [4.78, 5) is 37.4. The van der Waals surface area contributed by atoms with Gasteiger partial charge in [0, 0.05) is 6.42 Å². The zero-order valence-electron chi connectivity index (χ0n) is 17.8. The Morgan fingerprint density at radius 1 is 0.903 bits per heavy atom. The Bertz CT molecular complexity index is 883. The Hall–Kier alpha value is -3.61. The molecule has 0 aliphatic carbocycles. The fraction of sp³-hybridized carbons (Fsp3) is 0.292. The van der Waals surface area contributed by atoms with Crippen molar-refractivity contribution in [2.75, 3.05) is 7.11 Å². The minimum Gasteiger partial charge on any atom is -0.467 e. The lowest BCUT2D eigenvalue weighted by molar-refractivity contribution is -0.145. The highest BCUT2D eigenvalue weighted by Crippen LogP contribution is 2.08. The Labute approximate surface area is 182 Å². The molecule has 0 saturated carbocycles. The first-order valence-corrected chi connectivity index (χ1v) is 9.92. The summed E-state index contributed by atoms with van der Waals surface area (Å²) < 4.78 is 10.0. The third kappa shape index (κ3) is 8.34. The number of carbonyl (C=O) groups excluding carboxylic acids is 3. The molecule has 0 aliphatic rings. The summed E-state index contributed by atoms with van der Waals surface area (Å²) in [7, 11) is 1.25. The molecule has 0 radical (unpaired) electrons. The smallest absolute Gasteiger partial charge is 0.408 e. The highest BCUT2D eigenvalue weighted by Gasteiger charge is 2.28. The molecule has 31 heavy (non-hydrogen) atoms. The van der Waals surface area contributed by atoms with Gasteiger partial charge in [-0.05, 0) is 24.5 Å². The van der Waals surface area contributed by atoms with E-state index in [1.54, 1.807) is 6.92 Å². The molecule has 0 unspecified atom stereocenters. The number of amides is 2. The number of carbonyl (C=O) groups is 3. The second kappa shape index (κ2) is 12.2. The fourth-order valence-corrected chi connectivity index (χ4v) is 2.92. The molecule has 0 heterocycles. The largest absolute Gasteiger partial charge is 0.467 e. The Morgan fingerprint density at radius 3 is 2.03 bits per heavy atom. The van der Waals surface area contributed by atoms with Gasteiger partial charge in [0.2, 0.25) is 5.91 Å². The van der Waals surface area contributed by atoms with Crippen LogP contribution in [0, 0.1) is 0 Å². The van der Waals surface area contributed by atoms with Gasteiger partial charge >= 0.3 is 12.1 Å². The summed E-state index contributed by atoms with van der Waals surface area (Å²) in [6, 6.07) is 16.6. The third-order valence-electron chi connectivity index (χ3n) is 4.46. The van der Waals surface area contributed by atoms with Gasteiger partial charge in [-0.25, -0.2) is 9.59 Å². The molecule has 2 rings (SSSR count). The van der Waals surface area contributed by atoms with Crippen LogP contribution in [0.4, 0.5) is 4.79 Å². The molecule has 0 aliphatic heterocycles. The average molecular weight is 424 g/mol. The van der Waals surface area contributed by atoms with Gasteiger partial charge in [-0.15, -0.1) is 6.58 Å². The van der Waals surface area contributed by atoms with Crippen molar-refractivity contribution in [1.29, 1.82) is 0 Å². The summed E-state index contributed by atoms with van der Waals surface area (Å²) in [6.45, 7) is 5.61. The monoisotopic (exact) mass is 424 g/mol. The van der Waals surface area contributed by atoms with E-state index < -0.39 is 30.1 Å². The first-order chi connectivity index (χ1) is 14.9. The van der Waals surface area contributed by atoms with E-state index in [4.69, 9.17) is 9.47 Å². The van der Waals surface area contributed by atoms with Crippen LogP contribution in [0.2, 0.25) is 0 Å². The highest BCUT2D eigenvalue weighted by molar-refractivity contribution is 5.90. The van der Waals surface area contributed by atoms with Crippen molar-refractivity contribution >= 4 is 18.0 Å². The zero-order chi connectivity index (χ0) is 22.6. The van der Waals surface area contributed by atoms with E-state index in [1.807, 2.05) is 60.7 Å². The lowest BCUT2D eigenvalue weighted by atomic mass is 10.0. The van der Waals surface area contributed by atoms with Crippen LogP contribution in [0.1, 0.15) is 24.5 Å². The Morgan fingerprint density at radius 2 is 1.48 bits per heavy atom. The van der Waals surface area contributed by atoms with Crippen LogP contribution in [0.15, 0.2) is 72.8 Å². The number of methoxy groups -OCH3 is 1. The van der Waals surface area contributed by atoms with Crippen molar-refractivity contribution in [3.8, 4) is 0 Å². The lowest BCUT2D eigenvalue weighted by Crippen LogP contribution is -2.52. The van der Waals surface area contributed by atoms with Gasteiger partial charge < -0.3 is 20.1 Å². The summed E-state index contributed by atoms with van der Waals surface area (Å²) in [6.07, 6.45) is -0.266. The van der Waals surface area contributed by atoms with E-state index >= 15 is 0 Å². The summed E-state index contributed by atoms with van der Waals surface area (Å²) in [5, 5.41) is 5.26. The molecule has 0 saturated heterocycles. The van der Waals surface area contributed by atoms with Crippen LogP contribution in [0.3, 0.4) is 0 Å². The maximum Gasteiger partial charge on any atom is 0.408 e. The van der Waals surface area contributed by atoms with Crippen molar-refractivity contribution in [1.82, 2.24) is 10.6 Å². The Kier molecular flexibility index (Phi) is 9.29. The first kappa shape index (κ1) is 23.7. The Balaban J connectivity index is 2.08. The molecule has 7 nitrogen and oxygen atoms in total. The van der Waals surface area contributed by atoms with Crippen LogP contribution >= 0.6 is 0 Å². The van der Waals surface area contributed by atoms with Crippen LogP contribution in [0.25, 0.3) is 0 Å². The van der Waals surface area contributed by atoms with Crippen molar-refractivity contribution in [3.63, 3.8) is 0 Å². The molecular weight excluding hydrogens is 396 g/mol. The molecule has 0 bridgehead atoms. The molecule has 2 aromatic carbocycles. The van der Waals surface area contributed by atoms with Gasteiger partial charge in [0.1, 0.15) is 18.7 Å². The normalized spacial score (nSPS) is 12.2. The summed E-state index contributed by atoms with van der Waals surface area (Å²) in [5.74, 6) is -1.10. The molecule has 0 fully saturated rings. The fourth-order valence-electron chi connectivity index (χ4n) is 2.92. The molecule has 164 valence electrons. The summed E-state index contributed by atoms with van der Waals surface area (Å²) >= 11 is 0. The van der Waals surface area contributed by atoms with Crippen LogP contribution < -0.4 is 10.6 Å².